The third kappa shape index (κ3) is 9.52. The average molecular weight is 297 g/mol. The minimum absolute atomic E-state index is 0.871. The normalized spacial score (nSPS) is 21.1. The number of nitrogens with zero attached hydrogens (tertiary/aromatic N) is 1. The SMILES string of the molecule is CCC(C)CCCC(C)CCCC(C)CN1CCNCC1. The molecule has 0 saturated carbocycles. The molecule has 2 nitrogen and oxygen atoms in total. The summed E-state index contributed by atoms with van der Waals surface area (Å²) in [5, 5.41) is 3.44. The Morgan fingerprint density at radius 1 is 0.810 bits per heavy atom. The maximum atomic E-state index is 3.44. The van der Waals surface area contributed by atoms with E-state index in [1.807, 2.05) is 0 Å². The smallest absolute Gasteiger partial charge is 0.0107 e. The number of hydrogen-bond acceptors (Lipinski definition) is 2. The molecule has 1 heterocycles. The second kappa shape index (κ2) is 11.5. The van der Waals surface area contributed by atoms with Crippen LogP contribution in [-0.2, 0) is 0 Å². The van der Waals surface area contributed by atoms with Gasteiger partial charge < -0.3 is 10.2 Å². The molecule has 1 saturated heterocycles. The summed E-state index contributed by atoms with van der Waals surface area (Å²) in [4.78, 5) is 2.64. The van der Waals surface area contributed by atoms with E-state index in [9.17, 15) is 0 Å². The van der Waals surface area contributed by atoms with Gasteiger partial charge in [-0.3, -0.25) is 0 Å². The van der Waals surface area contributed by atoms with E-state index in [0.29, 0.717) is 0 Å². The molecule has 126 valence electrons. The molecule has 3 unspecified atom stereocenters. The third-order valence-corrected chi connectivity index (χ3v) is 5.26. The van der Waals surface area contributed by atoms with Gasteiger partial charge in [-0.2, -0.15) is 0 Å². The monoisotopic (exact) mass is 296 g/mol. The van der Waals surface area contributed by atoms with Crippen LogP contribution in [0.3, 0.4) is 0 Å². The van der Waals surface area contributed by atoms with Crippen LogP contribution in [0.4, 0.5) is 0 Å². The number of nitrogens with one attached hydrogen (secondary N) is 1. The van der Waals surface area contributed by atoms with Crippen molar-refractivity contribution in [1.29, 1.82) is 0 Å². The van der Waals surface area contributed by atoms with Crippen LogP contribution in [0.2, 0.25) is 0 Å². The standard InChI is InChI=1S/C19H40N2/c1-5-17(2)8-6-9-18(3)10-7-11-19(4)16-21-14-12-20-13-15-21/h17-20H,5-16H2,1-4H3. The molecule has 0 aromatic rings. The van der Waals surface area contributed by atoms with Crippen molar-refractivity contribution >= 4 is 0 Å². The molecule has 3 atom stereocenters. The molecule has 0 spiro atoms. The zero-order valence-electron chi connectivity index (χ0n) is 15.2. The first-order valence-corrected chi connectivity index (χ1v) is 9.54. The lowest BCUT2D eigenvalue weighted by Gasteiger charge is -2.29. The van der Waals surface area contributed by atoms with Crippen molar-refractivity contribution in [3.05, 3.63) is 0 Å². The maximum Gasteiger partial charge on any atom is 0.0107 e. The number of rotatable bonds is 11. The Hall–Kier alpha value is -0.0800. The van der Waals surface area contributed by atoms with Crippen molar-refractivity contribution in [1.82, 2.24) is 10.2 Å². The van der Waals surface area contributed by atoms with Gasteiger partial charge >= 0.3 is 0 Å². The Kier molecular flexibility index (Phi) is 10.4. The fourth-order valence-electron chi connectivity index (χ4n) is 3.40. The second-order valence-electron chi connectivity index (χ2n) is 7.64. The Labute approximate surface area is 134 Å². The van der Waals surface area contributed by atoms with Gasteiger partial charge in [0, 0.05) is 32.7 Å². The van der Waals surface area contributed by atoms with Gasteiger partial charge in [0.15, 0.2) is 0 Å². The lowest BCUT2D eigenvalue weighted by atomic mass is 9.92. The highest BCUT2D eigenvalue weighted by atomic mass is 15.2. The average Bonchev–Trinajstić information content (AvgIpc) is 2.48. The first-order valence-electron chi connectivity index (χ1n) is 9.54. The van der Waals surface area contributed by atoms with E-state index in [1.165, 1.54) is 77.7 Å². The quantitative estimate of drug-likeness (QED) is 0.601. The summed E-state index contributed by atoms with van der Waals surface area (Å²) < 4.78 is 0. The highest BCUT2D eigenvalue weighted by Crippen LogP contribution is 2.20. The molecule has 0 aromatic heterocycles. The summed E-state index contributed by atoms with van der Waals surface area (Å²) in [6, 6.07) is 0. The first kappa shape index (κ1) is 19.0. The molecule has 0 radical (unpaired) electrons. The molecular weight excluding hydrogens is 256 g/mol. The van der Waals surface area contributed by atoms with Gasteiger partial charge in [-0.15, -0.1) is 0 Å². The zero-order chi connectivity index (χ0) is 15.5. The molecule has 0 aliphatic carbocycles. The third-order valence-electron chi connectivity index (χ3n) is 5.26. The summed E-state index contributed by atoms with van der Waals surface area (Å²) in [5.74, 6) is 2.73. The molecule has 0 bridgehead atoms. The summed E-state index contributed by atoms with van der Waals surface area (Å²) in [6.45, 7) is 15.8. The molecule has 0 amide bonds. The Bertz CT molecular complexity index is 236. The number of hydrogen-bond donors (Lipinski definition) is 1. The minimum atomic E-state index is 0.871. The second-order valence-corrected chi connectivity index (χ2v) is 7.64. The lowest BCUT2D eigenvalue weighted by molar-refractivity contribution is 0.204. The molecule has 1 aliphatic heterocycles. The predicted octanol–water partition coefficient (Wildman–Crippen LogP) is 4.55. The van der Waals surface area contributed by atoms with Gasteiger partial charge in [0.25, 0.3) is 0 Å². The summed E-state index contributed by atoms with van der Waals surface area (Å²) >= 11 is 0. The van der Waals surface area contributed by atoms with Crippen LogP contribution in [0.1, 0.15) is 72.6 Å². The molecule has 1 rings (SSSR count). The Morgan fingerprint density at radius 2 is 1.33 bits per heavy atom. The Balaban J connectivity index is 1.98. The molecule has 1 aliphatic rings. The van der Waals surface area contributed by atoms with E-state index < -0.39 is 0 Å². The molecule has 21 heavy (non-hydrogen) atoms. The molecule has 2 heteroatoms. The fourth-order valence-corrected chi connectivity index (χ4v) is 3.40. The van der Waals surface area contributed by atoms with Crippen molar-refractivity contribution in [2.75, 3.05) is 32.7 Å². The van der Waals surface area contributed by atoms with Crippen molar-refractivity contribution in [2.24, 2.45) is 17.8 Å². The molecule has 1 N–H and O–H groups in total. The van der Waals surface area contributed by atoms with Gasteiger partial charge in [-0.05, 0) is 24.2 Å². The van der Waals surface area contributed by atoms with E-state index in [4.69, 9.17) is 0 Å². The van der Waals surface area contributed by atoms with Gasteiger partial charge in [0.2, 0.25) is 0 Å². The summed E-state index contributed by atoms with van der Waals surface area (Å²) in [7, 11) is 0. The molecular formula is C19H40N2. The summed E-state index contributed by atoms with van der Waals surface area (Å²) in [6.07, 6.45) is 9.94. The van der Waals surface area contributed by atoms with Gasteiger partial charge in [-0.25, -0.2) is 0 Å². The largest absolute Gasteiger partial charge is 0.314 e. The van der Waals surface area contributed by atoms with Gasteiger partial charge in [-0.1, -0.05) is 66.2 Å². The van der Waals surface area contributed by atoms with Gasteiger partial charge in [0.1, 0.15) is 0 Å². The predicted molar refractivity (Wildman–Crippen MR) is 94.8 cm³/mol. The van der Waals surface area contributed by atoms with E-state index >= 15 is 0 Å². The van der Waals surface area contributed by atoms with Crippen LogP contribution >= 0.6 is 0 Å². The van der Waals surface area contributed by atoms with E-state index in [2.05, 4.69) is 37.9 Å². The Morgan fingerprint density at radius 3 is 1.90 bits per heavy atom. The minimum Gasteiger partial charge on any atom is -0.314 e. The highest BCUT2D eigenvalue weighted by molar-refractivity contribution is 4.70. The van der Waals surface area contributed by atoms with Crippen molar-refractivity contribution in [3.63, 3.8) is 0 Å². The maximum absolute atomic E-state index is 3.44. The topological polar surface area (TPSA) is 15.3 Å². The van der Waals surface area contributed by atoms with Crippen molar-refractivity contribution in [2.45, 2.75) is 72.6 Å². The zero-order valence-corrected chi connectivity index (χ0v) is 15.2. The molecule has 1 fully saturated rings. The van der Waals surface area contributed by atoms with Crippen LogP contribution < -0.4 is 5.32 Å². The highest BCUT2D eigenvalue weighted by Gasteiger charge is 2.13. The van der Waals surface area contributed by atoms with Crippen LogP contribution in [0.15, 0.2) is 0 Å². The van der Waals surface area contributed by atoms with Crippen molar-refractivity contribution < 1.29 is 0 Å². The number of piperazine rings is 1. The van der Waals surface area contributed by atoms with Crippen LogP contribution in [0.5, 0.6) is 0 Å². The van der Waals surface area contributed by atoms with E-state index in [1.54, 1.807) is 0 Å². The fraction of sp³-hybridized carbons (Fsp3) is 1.00. The lowest BCUT2D eigenvalue weighted by Crippen LogP contribution is -2.45. The van der Waals surface area contributed by atoms with E-state index in [0.717, 1.165) is 17.8 Å². The van der Waals surface area contributed by atoms with Gasteiger partial charge in [0.05, 0.1) is 0 Å². The van der Waals surface area contributed by atoms with Crippen molar-refractivity contribution in [3.8, 4) is 0 Å². The molecule has 0 aromatic carbocycles. The van der Waals surface area contributed by atoms with Crippen LogP contribution in [0.25, 0.3) is 0 Å². The summed E-state index contributed by atoms with van der Waals surface area (Å²) in [5.41, 5.74) is 0. The van der Waals surface area contributed by atoms with E-state index in [-0.39, 0.29) is 0 Å². The van der Waals surface area contributed by atoms with Crippen LogP contribution in [0, 0.1) is 17.8 Å². The first-order chi connectivity index (χ1) is 10.1. The van der Waals surface area contributed by atoms with Crippen LogP contribution in [-0.4, -0.2) is 37.6 Å².